The van der Waals surface area contributed by atoms with Crippen molar-refractivity contribution in [3.8, 4) is 0 Å². The first kappa shape index (κ1) is 14.4. The molecular weight excluding hydrogens is 280 g/mol. The van der Waals surface area contributed by atoms with E-state index < -0.39 is 6.04 Å². The zero-order valence-corrected chi connectivity index (χ0v) is 12.5. The molecule has 22 heavy (non-hydrogen) atoms. The van der Waals surface area contributed by atoms with Crippen molar-refractivity contribution in [2.45, 2.75) is 38.8 Å². The largest absolute Gasteiger partial charge is 0.349 e. The first-order valence-electron chi connectivity index (χ1n) is 7.44. The molecule has 1 aliphatic carbocycles. The van der Waals surface area contributed by atoms with Crippen molar-refractivity contribution in [3.63, 3.8) is 0 Å². The van der Waals surface area contributed by atoms with Crippen molar-refractivity contribution in [3.05, 3.63) is 57.8 Å². The highest BCUT2D eigenvalue weighted by Crippen LogP contribution is 2.17. The number of carbonyl (C=O) groups excluding carboxylic acids is 1. The van der Waals surface area contributed by atoms with Crippen LogP contribution in [0.1, 0.15) is 36.3 Å². The fraction of sp³-hybridized carbons (Fsp3) is 0.375. The average molecular weight is 298 g/mol. The Kier molecular flexibility index (Phi) is 4.00. The Morgan fingerprint density at radius 1 is 1.41 bits per heavy atom. The smallest absolute Gasteiger partial charge is 0.267 e. The number of nitrogens with one attached hydrogen (secondary N) is 1. The second kappa shape index (κ2) is 6.09. The third-order valence-corrected chi connectivity index (χ3v) is 3.90. The van der Waals surface area contributed by atoms with Crippen LogP contribution >= 0.6 is 0 Å². The van der Waals surface area contributed by atoms with Gasteiger partial charge in [0.15, 0.2) is 0 Å². The highest BCUT2D eigenvalue weighted by Gasteiger charge is 2.21. The highest BCUT2D eigenvalue weighted by molar-refractivity contribution is 5.79. The fourth-order valence-corrected chi connectivity index (χ4v) is 2.63. The lowest BCUT2D eigenvalue weighted by molar-refractivity contribution is -0.124. The van der Waals surface area contributed by atoms with Gasteiger partial charge in [0, 0.05) is 12.3 Å². The van der Waals surface area contributed by atoms with Gasteiger partial charge in [0.2, 0.25) is 5.91 Å². The molecule has 0 saturated carbocycles. The molecular formula is C16H18N4O2. The third-order valence-electron chi connectivity index (χ3n) is 3.90. The first-order chi connectivity index (χ1) is 10.6. The van der Waals surface area contributed by atoms with Gasteiger partial charge in [-0.25, -0.2) is 4.68 Å². The predicted octanol–water partition coefficient (Wildman–Crippen LogP) is 1.00. The molecule has 0 aromatic carbocycles. The van der Waals surface area contributed by atoms with Crippen molar-refractivity contribution in [1.82, 2.24) is 20.1 Å². The Bertz CT molecular complexity index is 740. The van der Waals surface area contributed by atoms with Gasteiger partial charge < -0.3 is 5.32 Å². The summed E-state index contributed by atoms with van der Waals surface area (Å²) in [5.41, 5.74) is 2.50. The van der Waals surface area contributed by atoms with Crippen LogP contribution in [0.3, 0.4) is 0 Å². The van der Waals surface area contributed by atoms with Crippen LogP contribution in [0.25, 0.3) is 0 Å². The molecule has 1 aliphatic rings. The Morgan fingerprint density at radius 2 is 2.27 bits per heavy atom. The van der Waals surface area contributed by atoms with E-state index in [1.54, 1.807) is 19.2 Å². The molecule has 0 radical (unpaired) electrons. The summed E-state index contributed by atoms with van der Waals surface area (Å²) in [5, 5.41) is 7.15. The number of aryl methyl sites for hydroxylation is 2. The first-order valence-corrected chi connectivity index (χ1v) is 7.44. The van der Waals surface area contributed by atoms with Crippen molar-refractivity contribution < 1.29 is 4.79 Å². The van der Waals surface area contributed by atoms with E-state index >= 15 is 0 Å². The Labute approximate surface area is 128 Å². The third kappa shape index (κ3) is 2.90. The second-order valence-corrected chi connectivity index (χ2v) is 5.47. The molecule has 1 N–H and O–H groups in total. The molecule has 0 bridgehead atoms. The molecule has 2 aromatic heterocycles. The molecule has 3 rings (SSSR count). The number of carbonyl (C=O) groups is 1. The van der Waals surface area contributed by atoms with Crippen LogP contribution in [0, 0.1) is 0 Å². The average Bonchev–Trinajstić information content (AvgIpc) is 2.99. The number of rotatable bonds is 4. The quantitative estimate of drug-likeness (QED) is 0.913. The minimum Gasteiger partial charge on any atom is -0.349 e. The monoisotopic (exact) mass is 298 g/mol. The van der Waals surface area contributed by atoms with Crippen molar-refractivity contribution in [2.75, 3.05) is 0 Å². The molecule has 114 valence electrons. The Morgan fingerprint density at radius 3 is 3.05 bits per heavy atom. The number of aromatic nitrogens is 3. The van der Waals surface area contributed by atoms with Crippen LogP contribution in [0.2, 0.25) is 0 Å². The lowest BCUT2D eigenvalue weighted by Crippen LogP contribution is -2.37. The molecule has 0 spiro atoms. The number of nitrogens with zero attached hydrogens (tertiary/aromatic N) is 3. The van der Waals surface area contributed by atoms with Crippen molar-refractivity contribution in [1.29, 1.82) is 0 Å². The van der Waals surface area contributed by atoms with Gasteiger partial charge in [0.25, 0.3) is 5.56 Å². The van der Waals surface area contributed by atoms with Gasteiger partial charge in [-0.15, -0.1) is 0 Å². The summed E-state index contributed by atoms with van der Waals surface area (Å²) >= 11 is 0. The Balaban J connectivity index is 1.72. The van der Waals surface area contributed by atoms with Gasteiger partial charge in [0.1, 0.15) is 6.04 Å². The van der Waals surface area contributed by atoms with E-state index in [-0.39, 0.29) is 11.5 Å². The maximum absolute atomic E-state index is 12.2. The summed E-state index contributed by atoms with van der Waals surface area (Å²) in [6, 6.07) is 6.50. The van der Waals surface area contributed by atoms with E-state index in [9.17, 15) is 9.59 Å². The lowest BCUT2D eigenvalue weighted by Gasteiger charge is -2.15. The van der Waals surface area contributed by atoms with Crippen LogP contribution in [0.15, 0.2) is 35.3 Å². The Hall–Kier alpha value is -2.50. The predicted molar refractivity (Wildman–Crippen MR) is 81.3 cm³/mol. The SMILES string of the molecule is C[C@@H](C(=O)NCc1ccccn1)n1nc2c(cc1=O)CCC2. The number of hydrogen-bond acceptors (Lipinski definition) is 4. The van der Waals surface area contributed by atoms with E-state index in [1.165, 1.54) is 4.68 Å². The summed E-state index contributed by atoms with van der Waals surface area (Å²) in [4.78, 5) is 28.5. The minimum absolute atomic E-state index is 0.221. The van der Waals surface area contributed by atoms with Gasteiger partial charge >= 0.3 is 0 Å². The zero-order chi connectivity index (χ0) is 15.5. The van der Waals surface area contributed by atoms with Crippen LogP contribution in [-0.2, 0) is 24.2 Å². The zero-order valence-electron chi connectivity index (χ0n) is 12.5. The molecule has 2 aromatic rings. The molecule has 0 aliphatic heterocycles. The molecule has 0 fully saturated rings. The molecule has 6 heteroatoms. The van der Waals surface area contributed by atoms with Crippen LogP contribution in [-0.4, -0.2) is 20.7 Å². The lowest BCUT2D eigenvalue weighted by atomic mass is 10.2. The topological polar surface area (TPSA) is 76.9 Å². The van der Waals surface area contributed by atoms with E-state index in [1.807, 2.05) is 18.2 Å². The fourth-order valence-electron chi connectivity index (χ4n) is 2.63. The molecule has 0 saturated heterocycles. The molecule has 2 heterocycles. The summed E-state index contributed by atoms with van der Waals surface area (Å²) in [7, 11) is 0. The number of hydrogen-bond donors (Lipinski definition) is 1. The van der Waals surface area contributed by atoms with Crippen molar-refractivity contribution in [2.24, 2.45) is 0 Å². The van der Waals surface area contributed by atoms with E-state index in [0.29, 0.717) is 6.54 Å². The maximum Gasteiger partial charge on any atom is 0.267 e. The summed E-state index contributed by atoms with van der Waals surface area (Å²) in [6.07, 6.45) is 4.47. The summed E-state index contributed by atoms with van der Waals surface area (Å²) in [5.74, 6) is -0.238. The van der Waals surface area contributed by atoms with Gasteiger partial charge in [-0.05, 0) is 43.9 Å². The van der Waals surface area contributed by atoms with Gasteiger partial charge in [-0.1, -0.05) is 6.07 Å². The number of fused-ring (bicyclic) bond motifs is 1. The van der Waals surface area contributed by atoms with Crippen LogP contribution in [0.5, 0.6) is 0 Å². The van der Waals surface area contributed by atoms with Gasteiger partial charge in [0.05, 0.1) is 17.9 Å². The van der Waals surface area contributed by atoms with Crippen LogP contribution < -0.4 is 10.9 Å². The van der Waals surface area contributed by atoms with Gasteiger partial charge in [-0.3, -0.25) is 14.6 Å². The molecule has 6 nitrogen and oxygen atoms in total. The minimum atomic E-state index is -0.637. The van der Waals surface area contributed by atoms with E-state index in [0.717, 1.165) is 36.2 Å². The second-order valence-electron chi connectivity index (χ2n) is 5.47. The summed E-state index contributed by atoms with van der Waals surface area (Å²) < 4.78 is 1.28. The van der Waals surface area contributed by atoms with E-state index in [4.69, 9.17) is 0 Å². The summed E-state index contributed by atoms with van der Waals surface area (Å²) in [6.45, 7) is 2.02. The number of pyridine rings is 1. The maximum atomic E-state index is 12.2. The molecule has 0 unspecified atom stereocenters. The van der Waals surface area contributed by atoms with Crippen molar-refractivity contribution >= 4 is 5.91 Å². The van der Waals surface area contributed by atoms with Gasteiger partial charge in [-0.2, -0.15) is 5.10 Å². The standard InChI is InChI=1S/C16H18N4O2/c1-11(16(22)18-10-13-6-2-3-8-17-13)20-15(21)9-12-5-4-7-14(12)19-20/h2-3,6,8-9,11H,4-5,7,10H2,1H3,(H,18,22)/t11-/m0/s1. The normalized spacial score (nSPS) is 14.4. The van der Waals surface area contributed by atoms with Crippen LogP contribution in [0.4, 0.5) is 0 Å². The van der Waals surface area contributed by atoms with E-state index in [2.05, 4.69) is 15.4 Å². The molecule has 1 atom stereocenters. The molecule has 1 amide bonds. The highest BCUT2D eigenvalue weighted by atomic mass is 16.2. The number of amides is 1.